The highest BCUT2D eigenvalue weighted by Gasteiger charge is 2.13. The average Bonchev–Trinajstić information content (AvgIpc) is 2.39. The first kappa shape index (κ1) is 16.0. The summed E-state index contributed by atoms with van der Waals surface area (Å²) in [5, 5.41) is 5.50. The number of hydrogen-bond acceptors (Lipinski definition) is 3. The Morgan fingerprint density at radius 2 is 1.75 bits per heavy atom. The number of ether oxygens (including phenoxy) is 1. The second-order valence-electron chi connectivity index (χ2n) is 5.08. The number of hydrogen-bond donors (Lipinski definition) is 2. The van der Waals surface area contributed by atoms with Gasteiger partial charge in [-0.1, -0.05) is 19.1 Å². The van der Waals surface area contributed by atoms with Crippen LogP contribution in [0.1, 0.15) is 26.3 Å². The van der Waals surface area contributed by atoms with Gasteiger partial charge in [0.25, 0.3) is 0 Å². The third kappa shape index (κ3) is 5.30. The first-order valence-electron chi connectivity index (χ1n) is 6.66. The van der Waals surface area contributed by atoms with Crippen LogP contribution >= 0.6 is 0 Å². The van der Waals surface area contributed by atoms with Gasteiger partial charge in [0.15, 0.2) is 0 Å². The summed E-state index contributed by atoms with van der Waals surface area (Å²) >= 11 is 0. The molecule has 2 amide bonds. The molecule has 5 nitrogen and oxygen atoms in total. The SMILES string of the molecule is COC(=O)C(C)Cc1ccc(NC(=O)NC(C)C)cc1. The van der Waals surface area contributed by atoms with E-state index in [1.807, 2.05) is 45.0 Å². The number of benzene rings is 1. The van der Waals surface area contributed by atoms with Crippen molar-refractivity contribution in [1.82, 2.24) is 5.32 Å². The molecule has 0 aromatic heterocycles. The Labute approximate surface area is 119 Å². The van der Waals surface area contributed by atoms with Crippen molar-refractivity contribution in [3.05, 3.63) is 29.8 Å². The fourth-order valence-electron chi connectivity index (χ4n) is 1.79. The van der Waals surface area contributed by atoms with Crippen LogP contribution in [0.15, 0.2) is 24.3 Å². The first-order valence-corrected chi connectivity index (χ1v) is 6.66. The highest BCUT2D eigenvalue weighted by Crippen LogP contribution is 2.14. The van der Waals surface area contributed by atoms with Crippen molar-refractivity contribution >= 4 is 17.7 Å². The maximum Gasteiger partial charge on any atom is 0.319 e. The third-order valence-electron chi connectivity index (χ3n) is 2.78. The first-order chi connectivity index (χ1) is 9.42. The summed E-state index contributed by atoms with van der Waals surface area (Å²) in [6.07, 6.45) is 0.616. The smallest absolute Gasteiger partial charge is 0.319 e. The van der Waals surface area contributed by atoms with Crippen LogP contribution in [0, 0.1) is 5.92 Å². The highest BCUT2D eigenvalue weighted by atomic mass is 16.5. The molecule has 1 aromatic carbocycles. The van der Waals surface area contributed by atoms with Gasteiger partial charge < -0.3 is 15.4 Å². The predicted molar refractivity (Wildman–Crippen MR) is 78.6 cm³/mol. The van der Waals surface area contributed by atoms with E-state index in [4.69, 9.17) is 4.74 Å². The van der Waals surface area contributed by atoms with Crippen LogP contribution in [0.5, 0.6) is 0 Å². The number of esters is 1. The maximum atomic E-state index is 11.5. The lowest BCUT2D eigenvalue weighted by Gasteiger charge is -2.11. The van der Waals surface area contributed by atoms with Crippen molar-refractivity contribution in [3.8, 4) is 0 Å². The summed E-state index contributed by atoms with van der Waals surface area (Å²) in [5.74, 6) is -0.397. The molecule has 110 valence electrons. The van der Waals surface area contributed by atoms with Crippen molar-refractivity contribution in [2.75, 3.05) is 12.4 Å². The standard InChI is InChI=1S/C15H22N2O3/c1-10(2)16-15(19)17-13-7-5-12(6-8-13)9-11(3)14(18)20-4/h5-8,10-11H,9H2,1-4H3,(H2,16,17,19). The Balaban J connectivity index is 2.56. The van der Waals surface area contributed by atoms with Gasteiger partial charge in [0.2, 0.25) is 0 Å². The number of carbonyl (C=O) groups is 2. The van der Waals surface area contributed by atoms with Crippen LogP contribution in [0.2, 0.25) is 0 Å². The Bertz CT molecular complexity index is 455. The van der Waals surface area contributed by atoms with E-state index in [9.17, 15) is 9.59 Å². The summed E-state index contributed by atoms with van der Waals surface area (Å²) in [6.45, 7) is 5.63. The van der Waals surface area contributed by atoms with Crippen molar-refractivity contribution < 1.29 is 14.3 Å². The molecule has 0 fully saturated rings. The Kier molecular flexibility index (Phi) is 6.03. The second-order valence-corrected chi connectivity index (χ2v) is 5.08. The summed E-state index contributed by atoms with van der Waals surface area (Å²) in [6, 6.07) is 7.29. The number of amides is 2. The summed E-state index contributed by atoms with van der Waals surface area (Å²) in [5.41, 5.74) is 1.75. The molecule has 2 N–H and O–H groups in total. The number of urea groups is 1. The third-order valence-corrected chi connectivity index (χ3v) is 2.78. The molecule has 0 saturated heterocycles. The van der Waals surface area contributed by atoms with E-state index in [0.29, 0.717) is 6.42 Å². The minimum atomic E-state index is -0.226. The van der Waals surface area contributed by atoms with Gasteiger partial charge >= 0.3 is 12.0 Å². The maximum absolute atomic E-state index is 11.5. The van der Waals surface area contributed by atoms with Crippen molar-refractivity contribution in [3.63, 3.8) is 0 Å². The number of anilines is 1. The fraction of sp³-hybridized carbons (Fsp3) is 0.467. The number of methoxy groups -OCH3 is 1. The van der Waals surface area contributed by atoms with E-state index in [1.54, 1.807) is 0 Å². The topological polar surface area (TPSA) is 67.4 Å². The van der Waals surface area contributed by atoms with Crippen LogP contribution in [0.3, 0.4) is 0 Å². The zero-order valence-corrected chi connectivity index (χ0v) is 12.4. The van der Waals surface area contributed by atoms with Crippen LogP contribution < -0.4 is 10.6 Å². The van der Waals surface area contributed by atoms with Gasteiger partial charge in [-0.2, -0.15) is 0 Å². The Morgan fingerprint density at radius 3 is 2.25 bits per heavy atom. The molecule has 1 aromatic rings. The minimum absolute atomic E-state index is 0.0928. The summed E-state index contributed by atoms with van der Waals surface area (Å²) in [7, 11) is 1.39. The lowest BCUT2D eigenvalue weighted by Crippen LogP contribution is -2.34. The van der Waals surface area contributed by atoms with Gasteiger partial charge in [0, 0.05) is 11.7 Å². The highest BCUT2D eigenvalue weighted by molar-refractivity contribution is 5.89. The second kappa shape index (κ2) is 7.53. The van der Waals surface area contributed by atoms with E-state index < -0.39 is 0 Å². The van der Waals surface area contributed by atoms with Crippen LogP contribution in [0.4, 0.5) is 10.5 Å². The van der Waals surface area contributed by atoms with Crippen molar-refractivity contribution in [2.24, 2.45) is 5.92 Å². The molecule has 5 heteroatoms. The van der Waals surface area contributed by atoms with Crippen LogP contribution in [-0.2, 0) is 16.0 Å². The Hall–Kier alpha value is -2.04. The molecule has 0 heterocycles. The van der Waals surface area contributed by atoms with Gasteiger partial charge in [-0.25, -0.2) is 4.79 Å². The average molecular weight is 278 g/mol. The van der Waals surface area contributed by atoms with E-state index in [-0.39, 0.29) is 24.0 Å². The molecular formula is C15H22N2O3. The van der Waals surface area contributed by atoms with Gasteiger partial charge in [-0.3, -0.25) is 4.79 Å². The predicted octanol–water partition coefficient (Wildman–Crippen LogP) is 2.57. The summed E-state index contributed by atoms with van der Waals surface area (Å²) < 4.78 is 4.69. The van der Waals surface area contributed by atoms with Crippen molar-refractivity contribution in [1.29, 1.82) is 0 Å². The summed E-state index contributed by atoms with van der Waals surface area (Å²) in [4.78, 5) is 22.9. The van der Waals surface area contributed by atoms with Gasteiger partial charge in [-0.05, 0) is 38.0 Å². The van der Waals surface area contributed by atoms with Gasteiger partial charge in [-0.15, -0.1) is 0 Å². The number of nitrogens with one attached hydrogen (secondary N) is 2. The van der Waals surface area contributed by atoms with E-state index in [0.717, 1.165) is 11.3 Å². The molecule has 0 aliphatic heterocycles. The lowest BCUT2D eigenvalue weighted by molar-refractivity contribution is -0.144. The molecule has 0 aliphatic rings. The molecule has 0 spiro atoms. The molecular weight excluding hydrogens is 256 g/mol. The largest absolute Gasteiger partial charge is 0.469 e. The monoisotopic (exact) mass is 278 g/mol. The molecule has 0 saturated carbocycles. The minimum Gasteiger partial charge on any atom is -0.469 e. The molecule has 20 heavy (non-hydrogen) atoms. The Morgan fingerprint density at radius 1 is 1.15 bits per heavy atom. The number of carbonyl (C=O) groups excluding carboxylic acids is 2. The zero-order chi connectivity index (χ0) is 15.1. The zero-order valence-electron chi connectivity index (χ0n) is 12.4. The molecule has 1 rings (SSSR count). The molecule has 0 aliphatic carbocycles. The van der Waals surface area contributed by atoms with Crippen LogP contribution in [-0.4, -0.2) is 25.2 Å². The van der Waals surface area contributed by atoms with Crippen molar-refractivity contribution in [2.45, 2.75) is 33.2 Å². The van der Waals surface area contributed by atoms with E-state index >= 15 is 0 Å². The number of rotatable bonds is 5. The molecule has 0 bridgehead atoms. The molecule has 0 radical (unpaired) electrons. The molecule has 1 atom stereocenters. The van der Waals surface area contributed by atoms with E-state index in [2.05, 4.69) is 10.6 Å². The van der Waals surface area contributed by atoms with Gasteiger partial charge in [0.05, 0.1) is 13.0 Å². The normalized spacial score (nSPS) is 11.8. The lowest BCUT2D eigenvalue weighted by atomic mass is 10.0. The van der Waals surface area contributed by atoms with Gasteiger partial charge in [0.1, 0.15) is 0 Å². The quantitative estimate of drug-likeness (QED) is 0.813. The fourth-order valence-corrected chi connectivity index (χ4v) is 1.79. The van der Waals surface area contributed by atoms with E-state index in [1.165, 1.54) is 7.11 Å². The molecule has 1 unspecified atom stereocenters. The van der Waals surface area contributed by atoms with Crippen LogP contribution in [0.25, 0.3) is 0 Å².